The fourth-order valence-corrected chi connectivity index (χ4v) is 1.12. The third-order valence-corrected chi connectivity index (χ3v) is 2.02. The quantitative estimate of drug-likeness (QED) is 0.810. The lowest BCUT2D eigenvalue weighted by molar-refractivity contribution is -0.231. The highest BCUT2D eigenvalue weighted by Crippen LogP contribution is 2.29. The van der Waals surface area contributed by atoms with E-state index in [0.717, 1.165) is 12.1 Å². The second-order valence-electron chi connectivity index (χ2n) is 3.17. The van der Waals surface area contributed by atoms with Gasteiger partial charge in [0.15, 0.2) is 6.10 Å². The molecule has 0 saturated carbocycles. The van der Waals surface area contributed by atoms with Crippen LogP contribution in [0.15, 0.2) is 24.3 Å². The molecule has 0 amide bonds. The fourth-order valence-electron chi connectivity index (χ4n) is 1.12. The van der Waals surface area contributed by atoms with Crippen LogP contribution in [-0.2, 0) is 0 Å². The zero-order valence-corrected chi connectivity index (χ0v) is 7.94. The first kappa shape index (κ1) is 12.5. The van der Waals surface area contributed by atoms with E-state index in [4.69, 9.17) is 10.4 Å². The van der Waals surface area contributed by atoms with Crippen molar-refractivity contribution in [2.45, 2.75) is 18.4 Å². The van der Waals surface area contributed by atoms with E-state index >= 15 is 0 Å². The minimum atomic E-state index is -4.88. The Balaban J connectivity index is 2.89. The molecule has 6 heteroatoms. The second-order valence-corrected chi connectivity index (χ2v) is 3.17. The molecule has 86 valence electrons. The first-order valence-electron chi connectivity index (χ1n) is 4.29. The van der Waals surface area contributed by atoms with Crippen LogP contribution < -0.4 is 0 Å². The highest BCUT2D eigenvalue weighted by atomic mass is 19.4. The van der Waals surface area contributed by atoms with Crippen LogP contribution in [0.5, 0.6) is 0 Å². The van der Waals surface area contributed by atoms with Crippen molar-refractivity contribution in [1.29, 1.82) is 5.26 Å². The molecule has 0 aliphatic carbocycles. The molecule has 1 rings (SSSR count). The summed E-state index contributed by atoms with van der Waals surface area (Å²) in [5.74, 6) is 0. The molecule has 0 aliphatic heterocycles. The van der Waals surface area contributed by atoms with E-state index in [0.29, 0.717) is 0 Å². The van der Waals surface area contributed by atoms with E-state index in [-0.39, 0.29) is 11.1 Å². The van der Waals surface area contributed by atoms with Gasteiger partial charge in [-0.15, -0.1) is 0 Å². The van der Waals surface area contributed by atoms with Crippen molar-refractivity contribution in [3.8, 4) is 6.07 Å². The maximum Gasteiger partial charge on any atom is 0.417 e. The molecule has 0 spiro atoms. The molecule has 0 fully saturated rings. The molecule has 0 bridgehead atoms. The molecule has 2 N–H and O–H groups in total. The van der Waals surface area contributed by atoms with Crippen molar-refractivity contribution in [2.24, 2.45) is 0 Å². The molecule has 0 saturated heterocycles. The van der Waals surface area contributed by atoms with E-state index in [2.05, 4.69) is 0 Å². The summed E-state index contributed by atoms with van der Waals surface area (Å²) in [6, 6.07) is 6.65. The Morgan fingerprint density at radius 1 is 1.12 bits per heavy atom. The predicted molar refractivity (Wildman–Crippen MR) is 48.2 cm³/mol. The van der Waals surface area contributed by atoms with Gasteiger partial charge in [-0.05, 0) is 17.7 Å². The zero-order valence-electron chi connectivity index (χ0n) is 7.94. The van der Waals surface area contributed by atoms with Crippen molar-refractivity contribution in [3.05, 3.63) is 35.4 Å². The largest absolute Gasteiger partial charge is 0.417 e. The number of aliphatic hydroxyl groups excluding tert-OH is 2. The van der Waals surface area contributed by atoms with Gasteiger partial charge >= 0.3 is 6.18 Å². The maximum absolute atomic E-state index is 12.1. The van der Waals surface area contributed by atoms with Crippen molar-refractivity contribution >= 4 is 0 Å². The van der Waals surface area contributed by atoms with Gasteiger partial charge in [0.25, 0.3) is 0 Å². The van der Waals surface area contributed by atoms with E-state index < -0.39 is 18.4 Å². The van der Waals surface area contributed by atoms with Crippen LogP contribution in [0.4, 0.5) is 13.2 Å². The predicted octanol–water partition coefficient (Wildman–Crippen LogP) is 1.51. The van der Waals surface area contributed by atoms with Crippen LogP contribution in [-0.4, -0.2) is 22.5 Å². The molecule has 2 atom stereocenters. The molecule has 16 heavy (non-hydrogen) atoms. The van der Waals surface area contributed by atoms with Crippen molar-refractivity contribution < 1.29 is 23.4 Å². The monoisotopic (exact) mass is 231 g/mol. The Morgan fingerprint density at radius 2 is 1.62 bits per heavy atom. The van der Waals surface area contributed by atoms with Gasteiger partial charge in [0.1, 0.15) is 6.10 Å². The first-order valence-corrected chi connectivity index (χ1v) is 4.29. The van der Waals surface area contributed by atoms with Crippen LogP contribution >= 0.6 is 0 Å². The van der Waals surface area contributed by atoms with Gasteiger partial charge < -0.3 is 10.2 Å². The number of nitriles is 1. The molecule has 1 aromatic rings. The standard InChI is InChI=1S/C10H8F3NO2/c11-10(12,13)9(16)8(15)7-3-1-6(5-14)2-4-7/h1-4,8-9,15-16H. The first-order chi connectivity index (χ1) is 7.36. The number of aliphatic hydroxyl groups is 2. The third-order valence-electron chi connectivity index (χ3n) is 2.02. The van der Waals surface area contributed by atoms with E-state index in [9.17, 15) is 18.3 Å². The number of rotatable bonds is 2. The molecule has 0 heterocycles. The Kier molecular flexibility index (Phi) is 3.52. The van der Waals surface area contributed by atoms with Crippen LogP contribution in [0.25, 0.3) is 0 Å². The molecule has 3 nitrogen and oxygen atoms in total. The summed E-state index contributed by atoms with van der Waals surface area (Å²) in [5, 5.41) is 26.5. The average Bonchev–Trinajstić information content (AvgIpc) is 2.26. The van der Waals surface area contributed by atoms with Gasteiger partial charge in [0.05, 0.1) is 11.6 Å². The lowest BCUT2D eigenvalue weighted by Gasteiger charge is -2.20. The van der Waals surface area contributed by atoms with Crippen molar-refractivity contribution in [3.63, 3.8) is 0 Å². The Morgan fingerprint density at radius 3 is 2.00 bits per heavy atom. The second kappa shape index (κ2) is 4.51. The normalized spacial score (nSPS) is 15.2. The number of nitrogens with zero attached hydrogens (tertiary/aromatic N) is 1. The van der Waals surface area contributed by atoms with Crippen LogP contribution in [0.3, 0.4) is 0 Å². The Labute approximate surface area is 89.4 Å². The van der Waals surface area contributed by atoms with Gasteiger partial charge in [0.2, 0.25) is 0 Å². The number of halogens is 3. The molecule has 0 aliphatic rings. The summed E-state index contributed by atoms with van der Waals surface area (Å²) in [4.78, 5) is 0. The SMILES string of the molecule is N#Cc1ccc(C(O)C(O)C(F)(F)F)cc1. The number of alkyl halides is 3. The van der Waals surface area contributed by atoms with Crippen molar-refractivity contribution in [2.75, 3.05) is 0 Å². The molecular formula is C10H8F3NO2. The summed E-state index contributed by atoms with van der Waals surface area (Å²) in [7, 11) is 0. The van der Waals surface area contributed by atoms with E-state index in [1.807, 2.05) is 0 Å². The van der Waals surface area contributed by atoms with Crippen LogP contribution in [0.2, 0.25) is 0 Å². The molecule has 1 aromatic carbocycles. The van der Waals surface area contributed by atoms with Gasteiger partial charge in [0, 0.05) is 0 Å². The third kappa shape index (κ3) is 2.72. The maximum atomic E-state index is 12.1. The van der Waals surface area contributed by atoms with Gasteiger partial charge in [-0.1, -0.05) is 12.1 Å². The highest BCUT2D eigenvalue weighted by Gasteiger charge is 2.43. The summed E-state index contributed by atoms with van der Waals surface area (Å²) >= 11 is 0. The Hall–Kier alpha value is -1.58. The fraction of sp³-hybridized carbons (Fsp3) is 0.300. The number of hydrogen-bond donors (Lipinski definition) is 2. The Bertz CT molecular complexity index is 394. The van der Waals surface area contributed by atoms with Crippen LogP contribution in [0.1, 0.15) is 17.2 Å². The van der Waals surface area contributed by atoms with Gasteiger partial charge in [-0.3, -0.25) is 0 Å². The average molecular weight is 231 g/mol. The smallest absolute Gasteiger partial charge is 0.385 e. The van der Waals surface area contributed by atoms with Crippen LogP contribution in [0, 0.1) is 11.3 Å². The summed E-state index contributed by atoms with van der Waals surface area (Å²) in [5.41, 5.74) is 0.168. The molecule has 2 unspecified atom stereocenters. The zero-order chi connectivity index (χ0) is 12.3. The highest BCUT2D eigenvalue weighted by molar-refractivity contribution is 5.32. The minimum Gasteiger partial charge on any atom is -0.385 e. The summed E-state index contributed by atoms with van der Waals surface area (Å²) < 4.78 is 36.2. The van der Waals surface area contributed by atoms with E-state index in [1.54, 1.807) is 6.07 Å². The lowest BCUT2D eigenvalue weighted by atomic mass is 10.0. The van der Waals surface area contributed by atoms with E-state index in [1.165, 1.54) is 12.1 Å². The molecule has 0 radical (unpaired) electrons. The topological polar surface area (TPSA) is 64.2 Å². The number of benzene rings is 1. The van der Waals surface area contributed by atoms with Gasteiger partial charge in [-0.2, -0.15) is 18.4 Å². The van der Waals surface area contributed by atoms with Gasteiger partial charge in [-0.25, -0.2) is 0 Å². The lowest BCUT2D eigenvalue weighted by Crippen LogP contribution is -2.34. The van der Waals surface area contributed by atoms with Crippen molar-refractivity contribution in [1.82, 2.24) is 0 Å². The molecule has 0 aromatic heterocycles. The molecular weight excluding hydrogens is 223 g/mol. The summed E-state index contributed by atoms with van der Waals surface area (Å²) in [6.45, 7) is 0. The minimum absolute atomic E-state index is 0.0937. The number of hydrogen-bond acceptors (Lipinski definition) is 3. The summed E-state index contributed by atoms with van der Waals surface area (Å²) in [6.07, 6.45) is -9.76.